The molecule has 0 bridgehead atoms. The monoisotopic (exact) mass is 364 g/mol. The number of furan rings is 1. The smallest absolute Gasteiger partial charge is 0.191 e. The van der Waals surface area contributed by atoms with Crippen LogP contribution in [-0.2, 0) is 5.60 Å². The van der Waals surface area contributed by atoms with Gasteiger partial charge in [-0.1, -0.05) is 6.42 Å². The quantitative estimate of drug-likeness (QED) is 0.376. The van der Waals surface area contributed by atoms with Gasteiger partial charge in [0.1, 0.15) is 17.1 Å². The molecule has 148 valence electrons. The number of guanidine groups is 1. The first kappa shape index (κ1) is 20.8. The van der Waals surface area contributed by atoms with Crippen molar-refractivity contribution in [2.24, 2.45) is 4.99 Å². The Hall–Kier alpha value is -1.53. The highest BCUT2D eigenvalue weighted by molar-refractivity contribution is 5.79. The highest BCUT2D eigenvalue weighted by Gasteiger charge is 2.26. The Labute approximate surface area is 158 Å². The topological polar surface area (TPSA) is 73.0 Å². The molecule has 1 aromatic heterocycles. The average Bonchev–Trinajstić information content (AvgIpc) is 3.05. The summed E-state index contributed by atoms with van der Waals surface area (Å²) in [6, 6.07) is 4.38. The molecule has 6 heteroatoms. The maximum Gasteiger partial charge on any atom is 0.191 e. The standard InChI is InChI=1S/C20H36N4O2/c1-5-21-19(22-12-8-14-24-13-7-6-9-16(24)2)23-15-20(4,25)18-11-10-17(3)26-18/h10-11,16,25H,5-9,12-15H2,1-4H3,(H2,21,22,23). The lowest BCUT2D eigenvalue weighted by atomic mass is 10.0. The molecule has 26 heavy (non-hydrogen) atoms. The zero-order valence-electron chi connectivity index (χ0n) is 16.8. The van der Waals surface area contributed by atoms with E-state index in [9.17, 15) is 5.11 Å². The largest absolute Gasteiger partial charge is 0.463 e. The lowest BCUT2D eigenvalue weighted by molar-refractivity contribution is 0.0428. The van der Waals surface area contributed by atoms with E-state index in [1.54, 1.807) is 6.92 Å². The molecule has 1 aliphatic rings. The summed E-state index contributed by atoms with van der Waals surface area (Å²) in [5, 5.41) is 17.2. The van der Waals surface area contributed by atoms with Crippen LogP contribution in [0.5, 0.6) is 0 Å². The molecule has 0 aromatic carbocycles. The number of aliphatic hydroxyl groups is 1. The minimum Gasteiger partial charge on any atom is -0.463 e. The Morgan fingerprint density at radius 3 is 2.85 bits per heavy atom. The van der Waals surface area contributed by atoms with Crippen LogP contribution in [0.25, 0.3) is 0 Å². The van der Waals surface area contributed by atoms with E-state index < -0.39 is 5.60 Å². The summed E-state index contributed by atoms with van der Waals surface area (Å²) in [5.74, 6) is 2.08. The van der Waals surface area contributed by atoms with Gasteiger partial charge in [-0.3, -0.25) is 0 Å². The van der Waals surface area contributed by atoms with Crippen LogP contribution in [0.15, 0.2) is 21.5 Å². The molecule has 1 aliphatic heterocycles. The fraction of sp³-hybridized carbons (Fsp3) is 0.750. The van der Waals surface area contributed by atoms with Gasteiger partial charge in [0, 0.05) is 25.7 Å². The molecular weight excluding hydrogens is 328 g/mol. The SMILES string of the molecule is CCNC(=NCC(C)(O)c1ccc(C)o1)NCCCN1CCCCC1C. The van der Waals surface area contributed by atoms with Crippen LogP contribution in [0.3, 0.4) is 0 Å². The first-order valence-electron chi connectivity index (χ1n) is 9.98. The molecule has 1 aromatic rings. The summed E-state index contributed by atoms with van der Waals surface area (Å²) in [5.41, 5.74) is -1.11. The number of nitrogens with one attached hydrogen (secondary N) is 2. The molecule has 0 aliphatic carbocycles. The van der Waals surface area contributed by atoms with Crippen LogP contribution in [0.2, 0.25) is 0 Å². The van der Waals surface area contributed by atoms with E-state index in [1.807, 2.05) is 26.0 Å². The average molecular weight is 365 g/mol. The van der Waals surface area contributed by atoms with Gasteiger partial charge >= 0.3 is 0 Å². The second-order valence-electron chi connectivity index (χ2n) is 7.54. The van der Waals surface area contributed by atoms with Crippen LogP contribution in [-0.4, -0.2) is 54.7 Å². The van der Waals surface area contributed by atoms with E-state index in [1.165, 1.54) is 25.8 Å². The van der Waals surface area contributed by atoms with Crippen molar-refractivity contribution in [1.82, 2.24) is 15.5 Å². The second-order valence-corrected chi connectivity index (χ2v) is 7.54. The first-order chi connectivity index (χ1) is 12.4. The van der Waals surface area contributed by atoms with Crippen LogP contribution in [0.4, 0.5) is 0 Å². The molecule has 3 N–H and O–H groups in total. The van der Waals surface area contributed by atoms with Gasteiger partial charge in [0.25, 0.3) is 0 Å². The Kier molecular flexibility index (Phi) is 7.97. The highest BCUT2D eigenvalue weighted by atomic mass is 16.4. The van der Waals surface area contributed by atoms with E-state index in [2.05, 4.69) is 27.4 Å². The number of rotatable bonds is 8. The number of hydrogen-bond acceptors (Lipinski definition) is 4. The van der Waals surface area contributed by atoms with Gasteiger partial charge in [0.15, 0.2) is 5.96 Å². The lowest BCUT2D eigenvalue weighted by Gasteiger charge is -2.33. The van der Waals surface area contributed by atoms with Gasteiger partial charge in [-0.25, -0.2) is 4.99 Å². The van der Waals surface area contributed by atoms with Gasteiger partial charge in [0.05, 0.1) is 6.54 Å². The van der Waals surface area contributed by atoms with Gasteiger partial charge in [-0.2, -0.15) is 0 Å². The van der Waals surface area contributed by atoms with Gasteiger partial charge < -0.3 is 25.1 Å². The summed E-state index contributed by atoms with van der Waals surface area (Å²) in [4.78, 5) is 7.12. The second kappa shape index (κ2) is 9.97. The number of hydrogen-bond donors (Lipinski definition) is 3. The van der Waals surface area contributed by atoms with E-state index in [4.69, 9.17) is 4.42 Å². The zero-order chi connectivity index (χ0) is 19.0. The maximum atomic E-state index is 10.6. The van der Waals surface area contributed by atoms with Crippen molar-refractivity contribution in [3.05, 3.63) is 23.7 Å². The van der Waals surface area contributed by atoms with E-state index in [0.717, 1.165) is 37.8 Å². The molecule has 0 spiro atoms. The third kappa shape index (κ3) is 6.32. The first-order valence-corrected chi connectivity index (χ1v) is 9.98. The summed E-state index contributed by atoms with van der Waals surface area (Å²) < 4.78 is 5.55. The predicted molar refractivity (Wildman–Crippen MR) is 107 cm³/mol. The third-order valence-electron chi connectivity index (χ3n) is 5.02. The molecule has 0 saturated carbocycles. The number of aryl methyl sites for hydroxylation is 1. The summed E-state index contributed by atoms with van der Waals surface area (Å²) in [6.45, 7) is 12.2. The lowest BCUT2D eigenvalue weighted by Crippen LogP contribution is -2.42. The van der Waals surface area contributed by atoms with Gasteiger partial charge in [0.2, 0.25) is 0 Å². The normalized spacial score (nSPS) is 21.4. The molecule has 0 radical (unpaired) electrons. The molecular formula is C20H36N4O2. The number of piperidine rings is 1. The van der Waals surface area contributed by atoms with Crippen molar-refractivity contribution in [2.45, 2.75) is 65.0 Å². The molecule has 2 heterocycles. The van der Waals surface area contributed by atoms with Gasteiger partial charge in [-0.15, -0.1) is 0 Å². The van der Waals surface area contributed by atoms with Crippen molar-refractivity contribution >= 4 is 5.96 Å². The Morgan fingerprint density at radius 1 is 1.38 bits per heavy atom. The number of likely N-dealkylation sites (tertiary alicyclic amines) is 1. The third-order valence-corrected chi connectivity index (χ3v) is 5.02. The van der Waals surface area contributed by atoms with Crippen LogP contribution >= 0.6 is 0 Å². The van der Waals surface area contributed by atoms with Crippen molar-refractivity contribution in [3.63, 3.8) is 0 Å². The molecule has 2 unspecified atom stereocenters. The Balaban J connectivity index is 1.80. The maximum absolute atomic E-state index is 10.6. The fourth-order valence-corrected chi connectivity index (χ4v) is 3.36. The minimum absolute atomic E-state index is 0.248. The van der Waals surface area contributed by atoms with Crippen LogP contribution in [0, 0.1) is 6.92 Å². The van der Waals surface area contributed by atoms with Crippen molar-refractivity contribution in [3.8, 4) is 0 Å². The molecule has 2 rings (SSSR count). The summed E-state index contributed by atoms with van der Waals surface area (Å²) >= 11 is 0. The summed E-state index contributed by atoms with van der Waals surface area (Å²) in [6.07, 6.45) is 5.09. The van der Waals surface area contributed by atoms with E-state index in [0.29, 0.717) is 11.8 Å². The van der Waals surface area contributed by atoms with E-state index >= 15 is 0 Å². The van der Waals surface area contributed by atoms with Crippen LogP contribution < -0.4 is 10.6 Å². The fourth-order valence-electron chi connectivity index (χ4n) is 3.36. The minimum atomic E-state index is -1.11. The molecule has 6 nitrogen and oxygen atoms in total. The van der Waals surface area contributed by atoms with Crippen molar-refractivity contribution in [1.29, 1.82) is 0 Å². The zero-order valence-corrected chi connectivity index (χ0v) is 16.8. The Bertz CT molecular complexity index is 568. The molecule has 0 amide bonds. The number of nitrogens with zero attached hydrogens (tertiary/aromatic N) is 2. The van der Waals surface area contributed by atoms with Crippen molar-refractivity contribution < 1.29 is 9.52 Å². The van der Waals surface area contributed by atoms with E-state index in [-0.39, 0.29) is 6.54 Å². The number of aliphatic imine (C=N–C) groups is 1. The highest BCUT2D eigenvalue weighted by Crippen LogP contribution is 2.23. The molecule has 1 fully saturated rings. The Morgan fingerprint density at radius 2 is 2.19 bits per heavy atom. The molecule has 1 saturated heterocycles. The molecule has 2 atom stereocenters. The van der Waals surface area contributed by atoms with Gasteiger partial charge in [-0.05, 0) is 65.6 Å². The predicted octanol–water partition coefficient (Wildman–Crippen LogP) is 2.62. The van der Waals surface area contributed by atoms with Crippen molar-refractivity contribution in [2.75, 3.05) is 32.7 Å². The summed E-state index contributed by atoms with van der Waals surface area (Å²) in [7, 11) is 0. The van der Waals surface area contributed by atoms with Crippen LogP contribution in [0.1, 0.15) is 58.0 Å².